The van der Waals surface area contributed by atoms with E-state index in [1.54, 1.807) is 7.11 Å². The van der Waals surface area contributed by atoms with E-state index in [0.29, 0.717) is 37.6 Å². The average Bonchev–Trinajstić information content (AvgIpc) is 3.39. The molecule has 4 aromatic rings. The third kappa shape index (κ3) is 5.90. The van der Waals surface area contributed by atoms with Crippen LogP contribution in [0.25, 0.3) is 11.1 Å². The lowest BCUT2D eigenvalue weighted by Gasteiger charge is -2.28. The molecule has 0 spiro atoms. The van der Waals surface area contributed by atoms with E-state index in [4.69, 9.17) is 9.47 Å². The number of para-hydroxylation sites is 1. The average molecular weight is 497 g/mol. The number of imidazole rings is 1. The third-order valence-corrected chi connectivity index (χ3v) is 6.65. The second kappa shape index (κ2) is 11.9. The summed E-state index contributed by atoms with van der Waals surface area (Å²) in [4.78, 5) is 17.1. The molecule has 1 atom stereocenters. The van der Waals surface area contributed by atoms with Gasteiger partial charge in [0.25, 0.3) is 5.91 Å². The van der Waals surface area contributed by atoms with Gasteiger partial charge < -0.3 is 24.7 Å². The fourth-order valence-corrected chi connectivity index (χ4v) is 4.67. The molecule has 5 rings (SSSR count). The molecule has 1 aliphatic heterocycles. The molecule has 0 saturated carbocycles. The van der Waals surface area contributed by atoms with Crippen molar-refractivity contribution in [3.63, 3.8) is 0 Å². The summed E-state index contributed by atoms with van der Waals surface area (Å²) >= 11 is 0. The van der Waals surface area contributed by atoms with Crippen molar-refractivity contribution in [2.24, 2.45) is 0 Å². The number of fused-ring (bicyclic) bond motifs is 1. The van der Waals surface area contributed by atoms with Gasteiger partial charge in [-0.15, -0.1) is 0 Å². The molecule has 2 N–H and O–H groups in total. The predicted octanol–water partition coefficient (Wildman–Crippen LogP) is 4.59. The normalized spacial score (nSPS) is 14.6. The molecule has 1 aliphatic rings. The molecule has 37 heavy (non-hydrogen) atoms. The molecule has 3 aromatic carbocycles. The zero-order chi connectivity index (χ0) is 25.5. The minimum Gasteiger partial charge on any atom is -0.492 e. The number of nitrogens with zero attached hydrogens (tertiary/aromatic N) is 2. The van der Waals surface area contributed by atoms with Crippen LogP contribution in [-0.2, 0) is 17.8 Å². The number of rotatable bonds is 10. The lowest BCUT2D eigenvalue weighted by atomic mass is 9.97. The second-order valence-electron chi connectivity index (χ2n) is 9.12. The van der Waals surface area contributed by atoms with E-state index < -0.39 is 0 Å². The first-order valence-corrected chi connectivity index (χ1v) is 12.6. The van der Waals surface area contributed by atoms with Gasteiger partial charge in [-0.1, -0.05) is 66.7 Å². The molecule has 7 nitrogen and oxygen atoms in total. The van der Waals surface area contributed by atoms with E-state index in [1.165, 1.54) is 16.7 Å². The van der Waals surface area contributed by atoms with Gasteiger partial charge >= 0.3 is 0 Å². The third-order valence-electron chi connectivity index (χ3n) is 6.65. The lowest BCUT2D eigenvalue weighted by molar-refractivity contribution is 0.0931. The Kier molecular flexibility index (Phi) is 7.93. The molecule has 1 amide bonds. The van der Waals surface area contributed by atoms with E-state index in [1.807, 2.05) is 36.8 Å². The van der Waals surface area contributed by atoms with Crippen LogP contribution in [0.4, 0.5) is 0 Å². The van der Waals surface area contributed by atoms with Crippen LogP contribution in [-0.4, -0.2) is 42.3 Å². The molecule has 0 aliphatic carbocycles. The van der Waals surface area contributed by atoms with Crippen LogP contribution in [0, 0.1) is 0 Å². The Morgan fingerprint density at radius 3 is 2.68 bits per heavy atom. The molecule has 0 fully saturated rings. The second-order valence-corrected chi connectivity index (χ2v) is 9.12. The van der Waals surface area contributed by atoms with Gasteiger partial charge in [0.15, 0.2) is 0 Å². The summed E-state index contributed by atoms with van der Waals surface area (Å²) in [5, 5.41) is 6.55. The number of hydrogen-bond acceptors (Lipinski definition) is 5. The largest absolute Gasteiger partial charge is 0.492 e. The molecule has 1 unspecified atom stereocenters. The number of ether oxygens (including phenoxy) is 2. The van der Waals surface area contributed by atoms with Crippen LogP contribution >= 0.6 is 0 Å². The first kappa shape index (κ1) is 24.7. The Bertz CT molecular complexity index is 1320. The zero-order valence-corrected chi connectivity index (χ0v) is 21.0. The fraction of sp³-hybridized carbons (Fsp3) is 0.267. The molecular weight excluding hydrogens is 464 g/mol. The van der Waals surface area contributed by atoms with Crippen LogP contribution in [0.15, 0.2) is 85.3 Å². The van der Waals surface area contributed by atoms with E-state index >= 15 is 0 Å². The number of amides is 1. The van der Waals surface area contributed by atoms with Crippen LogP contribution in [0.1, 0.15) is 39.6 Å². The summed E-state index contributed by atoms with van der Waals surface area (Å²) in [6, 6.07) is 24.9. The molecule has 190 valence electrons. The lowest BCUT2D eigenvalue weighted by Crippen LogP contribution is -2.31. The molecule has 2 heterocycles. The Labute approximate surface area is 217 Å². The summed E-state index contributed by atoms with van der Waals surface area (Å²) < 4.78 is 13.1. The first-order chi connectivity index (χ1) is 18.2. The van der Waals surface area contributed by atoms with Crippen LogP contribution in [0.5, 0.6) is 5.75 Å². The summed E-state index contributed by atoms with van der Waals surface area (Å²) in [6.07, 6.45) is 4.62. The fourth-order valence-electron chi connectivity index (χ4n) is 4.67. The minimum atomic E-state index is -0.147. The smallest absolute Gasteiger partial charge is 0.255 e. The highest BCUT2D eigenvalue weighted by atomic mass is 16.5. The number of hydrogen-bond donors (Lipinski definition) is 2. The van der Waals surface area contributed by atoms with Crippen LogP contribution < -0.4 is 15.4 Å². The van der Waals surface area contributed by atoms with Gasteiger partial charge in [0.1, 0.15) is 5.75 Å². The number of nitrogens with one attached hydrogen (secondary N) is 2. The van der Waals surface area contributed by atoms with Crippen molar-refractivity contribution < 1.29 is 14.3 Å². The Morgan fingerprint density at radius 1 is 1.05 bits per heavy atom. The summed E-state index contributed by atoms with van der Waals surface area (Å²) in [6.45, 7) is 2.90. The van der Waals surface area contributed by atoms with Crippen molar-refractivity contribution in [2.75, 3.05) is 26.9 Å². The van der Waals surface area contributed by atoms with Gasteiger partial charge in [-0.2, -0.15) is 0 Å². The van der Waals surface area contributed by atoms with E-state index in [2.05, 4.69) is 68.7 Å². The van der Waals surface area contributed by atoms with Crippen molar-refractivity contribution in [3.05, 3.63) is 108 Å². The standard InChI is InChI=1S/C30H32N4O3/c1-36-17-15-32-30(35)27-9-5-8-26-28(14-16-37-29(26)27)33-19-25-18-31-21-34(25)20-22-10-12-24(13-11-22)23-6-3-2-4-7-23/h2-13,18,21,28,33H,14-17,19-20H2,1H3,(H,32,35). The highest BCUT2D eigenvalue weighted by Gasteiger charge is 2.26. The summed E-state index contributed by atoms with van der Waals surface area (Å²) in [7, 11) is 1.61. The number of benzene rings is 3. The van der Waals surface area contributed by atoms with Crippen LogP contribution in [0.2, 0.25) is 0 Å². The van der Waals surface area contributed by atoms with Gasteiger partial charge in [0.05, 0.1) is 30.8 Å². The van der Waals surface area contributed by atoms with Crippen molar-refractivity contribution in [2.45, 2.75) is 25.6 Å². The van der Waals surface area contributed by atoms with Crippen molar-refractivity contribution in [3.8, 4) is 16.9 Å². The number of methoxy groups -OCH3 is 1. The predicted molar refractivity (Wildman–Crippen MR) is 144 cm³/mol. The zero-order valence-electron chi connectivity index (χ0n) is 21.0. The molecule has 0 saturated heterocycles. The van der Waals surface area contributed by atoms with Gasteiger partial charge in [0, 0.05) is 51.0 Å². The summed E-state index contributed by atoms with van der Waals surface area (Å²) in [5.74, 6) is 0.513. The minimum absolute atomic E-state index is 0.0870. The first-order valence-electron chi connectivity index (χ1n) is 12.6. The van der Waals surface area contributed by atoms with E-state index in [0.717, 1.165) is 24.2 Å². The Hall–Kier alpha value is -3.94. The molecule has 7 heteroatoms. The van der Waals surface area contributed by atoms with Gasteiger partial charge in [-0.05, 0) is 22.8 Å². The van der Waals surface area contributed by atoms with Gasteiger partial charge in [-0.3, -0.25) is 4.79 Å². The molecular formula is C30H32N4O3. The maximum absolute atomic E-state index is 12.7. The Morgan fingerprint density at radius 2 is 1.86 bits per heavy atom. The van der Waals surface area contributed by atoms with Crippen LogP contribution in [0.3, 0.4) is 0 Å². The van der Waals surface area contributed by atoms with Crippen molar-refractivity contribution in [1.82, 2.24) is 20.2 Å². The number of aromatic nitrogens is 2. The number of carbonyl (C=O) groups excluding carboxylic acids is 1. The quantitative estimate of drug-likeness (QED) is 0.314. The molecule has 0 radical (unpaired) electrons. The van der Waals surface area contributed by atoms with Gasteiger partial charge in [0.2, 0.25) is 0 Å². The maximum Gasteiger partial charge on any atom is 0.255 e. The summed E-state index contributed by atoms with van der Waals surface area (Å²) in [5.41, 5.74) is 6.32. The Balaban J connectivity index is 1.24. The maximum atomic E-state index is 12.7. The van der Waals surface area contributed by atoms with E-state index in [9.17, 15) is 4.79 Å². The van der Waals surface area contributed by atoms with Crippen molar-refractivity contribution in [1.29, 1.82) is 0 Å². The van der Waals surface area contributed by atoms with Crippen molar-refractivity contribution >= 4 is 5.91 Å². The highest BCUT2D eigenvalue weighted by Crippen LogP contribution is 2.35. The SMILES string of the molecule is COCCNC(=O)c1cccc2c1OCCC2NCc1cncn1Cc1ccc(-c2ccccc2)cc1. The highest BCUT2D eigenvalue weighted by molar-refractivity contribution is 5.97. The topological polar surface area (TPSA) is 77.4 Å². The van der Waals surface area contributed by atoms with E-state index in [-0.39, 0.29) is 11.9 Å². The number of carbonyl (C=O) groups is 1. The molecule has 0 bridgehead atoms. The molecule has 1 aromatic heterocycles. The monoisotopic (exact) mass is 496 g/mol. The van der Waals surface area contributed by atoms with Gasteiger partial charge in [-0.25, -0.2) is 4.98 Å².